The van der Waals surface area contributed by atoms with Crippen molar-refractivity contribution in [2.45, 2.75) is 32.7 Å². The lowest BCUT2D eigenvalue weighted by Gasteiger charge is -2.19. The fraction of sp³-hybridized carbons (Fsp3) is 0.353. The third kappa shape index (κ3) is 4.26. The van der Waals surface area contributed by atoms with Crippen molar-refractivity contribution in [1.29, 1.82) is 0 Å². The SMILES string of the molecule is CCCNC(Cc1cccc(Cl)c1F)c1cc(C)ccn1. The van der Waals surface area contributed by atoms with Crippen molar-refractivity contribution >= 4 is 11.6 Å². The van der Waals surface area contributed by atoms with Crippen LogP contribution < -0.4 is 5.32 Å². The summed E-state index contributed by atoms with van der Waals surface area (Å²) in [6, 6.07) is 9.10. The number of halogens is 2. The Balaban J connectivity index is 2.26. The molecule has 1 N–H and O–H groups in total. The summed E-state index contributed by atoms with van der Waals surface area (Å²) in [5.41, 5.74) is 2.69. The van der Waals surface area contributed by atoms with Gasteiger partial charge in [0.2, 0.25) is 0 Å². The van der Waals surface area contributed by atoms with Crippen molar-refractivity contribution < 1.29 is 4.39 Å². The van der Waals surface area contributed by atoms with Gasteiger partial charge in [-0.25, -0.2) is 4.39 Å². The van der Waals surface area contributed by atoms with E-state index in [4.69, 9.17) is 11.6 Å². The molecule has 1 unspecified atom stereocenters. The van der Waals surface area contributed by atoms with Gasteiger partial charge in [0.25, 0.3) is 0 Å². The number of benzene rings is 1. The van der Waals surface area contributed by atoms with Gasteiger partial charge in [0.05, 0.1) is 16.8 Å². The lowest BCUT2D eigenvalue weighted by Crippen LogP contribution is -2.25. The Hall–Kier alpha value is -1.45. The molecule has 0 saturated carbocycles. The molecule has 0 saturated heterocycles. The van der Waals surface area contributed by atoms with Crippen molar-refractivity contribution in [2.75, 3.05) is 6.54 Å². The average molecular weight is 307 g/mol. The normalized spacial score (nSPS) is 12.4. The molecular formula is C17H20ClFN2. The van der Waals surface area contributed by atoms with E-state index in [0.717, 1.165) is 24.2 Å². The van der Waals surface area contributed by atoms with E-state index < -0.39 is 0 Å². The molecule has 0 radical (unpaired) electrons. The van der Waals surface area contributed by atoms with Crippen LogP contribution in [0.25, 0.3) is 0 Å². The molecule has 1 atom stereocenters. The van der Waals surface area contributed by atoms with Gasteiger partial charge in [0, 0.05) is 6.20 Å². The summed E-state index contributed by atoms with van der Waals surface area (Å²) >= 11 is 5.86. The Bertz CT molecular complexity index is 601. The molecule has 2 rings (SSSR count). The first-order chi connectivity index (χ1) is 10.1. The fourth-order valence-corrected chi connectivity index (χ4v) is 2.47. The number of aromatic nitrogens is 1. The molecule has 0 aliphatic heterocycles. The lowest BCUT2D eigenvalue weighted by molar-refractivity contribution is 0.503. The molecule has 0 spiro atoms. The second-order valence-electron chi connectivity index (χ2n) is 5.18. The zero-order valence-corrected chi connectivity index (χ0v) is 13.1. The molecule has 0 bridgehead atoms. The zero-order chi connectivity index (χ0) is 15.2. The smallest absolute Gasteiger partial charge is 0.145 e. The van der Waals surface area contributed by atoms with E-state index in [0.29, 0.717) is 12.0 Å². The van der Waals surface area contributed by atoms with Crippen LogP contribution in [-0.4, -0.2) is 11.5 Å². The fourth-order valence-electron chi connectivity index (χ4n) is 2.28. The first-order valence-electron chi connectivity index (χ1n) is 7.20. The van der Waals surface area contributed by atoms with Crippen LogP contribution in [0.2, 0.25) is 5.02 Å². The van der Waals surface area contributed by atoms with Crippen molar-refractivity contribution in [3.63, 3.8) is 0 Å². The van der Waals surface area contributed by atoms with E-state index in [-0.39, 0.29) is 16.9 Å². The van der Waals surface area contributed by atoms with Gasteiger partial charge in [0.1, 0.15) is 5.82 Å². The van der Waals surface area contributed by atoms with Crippen LogP contribution in [0.1, 0.15) is 36.2 Å². The minimum absolute atomic E-state index is 0.0159. The van der Waals surface area contributed by atoms with Crippen LogP contribution in [0.4, 0.5) is 4.39 Å². The van der Waals surface area contributed by atoms with Crippen molar-refractivity contribution in [2.24, 2.45) is 0 Å². The molecule has 4 heteroatoms. The first-order valence-corrected chi connectivity index (χ1v) is 7.58. The molecule has 0 aliphatic rings. The van der Waals surface area contributed by atoms with Crippen molar-refractivity contribution in [3.8, 4) is 0 Å². The van der Waals surface area contributed by atoms with Crippen molar-refractivity contribution in [3.05, 3.63) is 64.2 Å². The zero-order valence-electron chi connectivity index (χ0n) is 12.4. The van der Waals surface area contributed by atoms with Crippen LogP contribution in [0.5, 0.6) is 0 Å². The van der Waals surface area contributed by atoms with Crippen LogP contribution >= 0.6 is 11.6 Å². The molecule has 0 amide bonds. The second kappa shape index (κ2) is 7.53. The predicted octanol–water partition coefficient (Wildman–Crippen LogP) is 4.47. The Kier molecular flexibility index (Phi) is 5.71. The number of nitrogens with one attached hydrogen (secondary N) is 1. The minimum Gasteiger partial charge on any atom is -0.308 e. The van der Waals surface area contributed by atoms with Crippen molar-refractivity contribution in [1.82, 2.24) is 10.3 Å². The molecule has 0 aliphatic carbocycles. The van der Waals surface area contributed by atoms with Gasteiger partial charge in [-0.2, -0.15) is 0 Å². The Morgan fingerprint density at radius 2 is 2.14 bits per heavy atom. The largest absolute Gasteiger partial charge is 0.308 e. The molecule has 1 aromatic heterocycles. The summed E-state index contributed by atoms with van der Waals surface area (Å²) in [4.78, 5) is 4.42. The molecule has 21 heavy (non-hydrogen) atoms. The van der Waals surface area contributed by atoms with E-state index in [1.165, 1.54) is 0 Å². The highest BCUT2D eigenvalue weighted by molar-refractivity contribution is 6.30. The summed E-state index contributed by atoms with van der Waals surface area (Å²) in [5, 5.41) is 3.60. The van der Waals surface area contributed by atoms with Gasteiger partial charge < -0.3 is 5.32 Å². The Morgan fingerprint density at radius 3 is 2.86 bits per heavy atom. The Labute approximate surface area is 130 Å². The summed E-state index contributed by atoms with van der Waals surface area (Å²) in [5.74, 6) is -0.338. The maximum absolute atomic E-state index is 14.1. The van der Waals surface area contributed by atoms with Gasteiger partial charge in [0.15, 0.2) is 0 Å². The third-order valence-corrected chi connectivity index (χ3v) is 3.68. The number of nitrogens with zero attached hydrogens (tertiary/aromatic N) is 1. The van der Waals surface area contributed by atoms with E-state index >= 15 is 0 Å². The monoisotopic (exact) mass is 306 g/mol. The highest BCUT2D eigenvalue weighted by atomic mass is 35.5. The second-order valence-corrected chi connectivity index (χ2v) is 5.59. The number of rotatable bonds is 6. The topological polar surface area (TPSA) is 24.9 Å². The number of hydrogen-bond donors (Lipinski definition) is 1. The summed E-state index contributed by atoms with van der Waals surface area (Å²) in [7, 11) is 0. The van der Waals surface area contributed by atoms with E-state index in [2.05, 4.69) is 17.2 Å². The van der Waals surface area contributed by atoms with Gasteiger partial charge in [-0.3, -0.25) is 4.98 Å². The highest BCUT2D eigenvalue weighted by Crippen LogP contribution is 2.23. The van der Waals surface area contributed by atoms with Gasteiger partial charge in [-0.15, -0.1) is 0 Å². The molecule has 2 nitrogen and oxygen atoms in total. The van der Waals surface area contributed by atoms with E-state index in [9.17, 15) is 4.39 Å². The summed E-state index contributed by atoms with van der Waals surface area (Å²) < 4.78 is 14.1. The molecule has 1 heterocycles. The van der Waals surface area contributed by atoms with Crippen LogP contribution in [0.15, 0.2) is 36.5 Å². The average Bonchev–Trinajstić information content (AvgIpc) is 2.47. The molecule has 112 valence electrons. The summed E-state index contributed by atoms with van der Waals surface area (Å²) in [6.07, 6.45) is 3.34. The first kappa shape index (κ1) is 15.9. The Morgan fingerprint density at radius 1 is 1.33 bits per heavy atom. The van der Waals surface area contributed by atoms with E-state index in [1.54, 1.807) is 24.4 Å². The standard InChI is InChI=1S/C17H20ClFN2/c1-3-8-20-16(15-10-12(2)7-9-21-15)11-13-5-4-6-14(18)17(13)19/h4-7,9-10,16,20H,3,8,11H2,1-2H3. The number of hydrogen-bond acceptors (Lipinski definition) is 2. The van der Waals surface area contributed by atoms with Gasteiger partial charge in [-0.05, 0) is 55.6 Å². The minimum atomic E-state index is -0.338. The maximum Gasteiger partial charge on any atom is 0.145 e. The molecular weight excluding hydrogens is 287 g/mol. The van der Waals surface area contributed by atoms with Crippen LogP contribution in [-0.2, 0) is 6.42 Å². The molecule has 2 aromatic rings. The maximum atomic E-state index is 14.1. The summed E-state index contributed by atoms with van der Waals surface area (Å²) in [6.45, 7) is 5.00. The number of pyridine rings is 1. The van der Waals surface area contributed by atoms with Gasteiger partial charge >= 0.3 is 0 Å². The molecule has 1 aromatic carbocycles. The highest BCUT2D eigenvalue weighted by Gasteiger charge is 2.16. The molecule has 0 fully saturated rings. The van der Waals surface area contributed by atoms with Crippen LogP contribution in [0, 0.1) is 12.7 Å². The van der Waals surface area contributed by atoms with Crippen LogP contribution in [0.3, 0.4) is 0 Å². The quantitative estimate of drug-likeness (QED) is 0.852. The third-order valence-electron chi connectivity index (χ3n) is 3.39. The van der Waals surface area contributed by atoms with Gasteiger partial charge in [-0.1, -0.05) is 30.7 Å². The lowest BCUT2D eigenvalue weighted by atomic mass is 10.0. The number of aryl methyl sites for hydroxylation is 1. The predicted molar refractivity (Wildman–Crippen MR) is 85.1 cm³/mol. The van der Waals surface area contributed by atoms with E-state index in [1.807, 2.05) is 19.1 Å².